The molecule has 0 saturated carbocycles. The second-order valence-corrected chi connectivity index (χ2v) is 4.08. The second kappa shape index (κ2) is 4.65. The van der Waals surface area contributed by atoms with E-state index in [1.165, 1.54) is 11.2 Å². The highest BCUT2D eigenvalue weighted by Gasteiger charge is 2.44. The van der Waals surface area contributed by atoms with E-state index in [0.29, 0.717) is 18.9 Å². The molecule has 1 saturated heterocycles. The van der Waals surface area contributed by atoms with Gasteiger partial charge in [-0.2, -0.15) is 0 Å². The normalized spacial score (nSPS) is 23.2. The third-order valence-corrected chi connectivity index (χ3v) is 2.78. The van der Waals surface area contributed by atoms with Crippen LogP contribution in [0.25, 0.3) is 0 Å². The minimum Gasteiger partial charge on any atom is -0.279 e. The lowest BCUT2D eigenvalue weighted by molar-refractivity contribution is -0.129. The lowest BCUT2D eigenvalue weighted by atomic mass is 10.1. The topological polar surface area (TPSA) is 65.3 Å². The van der Waals surface area contributed by atoms with Gasteiger partial charge in [0.1, 0.15) is 12.2 Å². The van der Waals surface area contributed by atoms with E-state index in [9.17, 15) is 9.59 Å². The van der Waals surface area contributed by atoms with Crippen LogP contribution in [0, 0.1) is 0 Å². The first-order chi connectivity index (χ1) is 8.20. The molecule has 1 unspecified atom stereocenters. The van der Waals surface area contributed by atoms with Crippen molar-refractivity contribution in [2.75, 3.05) is 13.1 Å². The van der Waals surface area contributed by atoms with Crippen LogP contribution in [-0.2, 0) is 4.79 Å². The van der Waals surface area contributed by atoms with Gasteiger partial charge in [0.25, 0.3) is 5.91 Å². The predicted molar refractivity (Wildman–Crippen MR) is 64.1 cm³/mol. The van der Waals surface area contributed by atoms with Gasteiger partial charge in [-0.3, -0.25) is 19.6 Å². The molecule has 2 aliphatic rings. The molecule has 2 aliphatic heterocycles. The molecule has 6 nitrogen and oxygen atoms in total. The third-order valence-electron chi connectivity index (χ3n) is 2.78. The Hall–Kier alpha value is -1.72. The number of carbonyl (C=O) groups is 2. The molecule has 3 amide bonds. The first kappa shape index (κ1) is 11.8. The van der Waals surface area contributed by atoms with Crippen LogP contribution in [0.1, 0.15) is 26.7 Å². The van der Waals surface area contributed by atoms with E-state index < -0.39 is 6.04 Å². The van der Waals surface area contributed by atoms with Crippen LogP contribution >= 0.6 is 0 Å². The van der Waals surface area contributed by atoms with Gasteiger partial charge < -0.3 is 0 Å². The number of amidine groups is 1. The average Bonchev–Trinajstić information content (AvgIpc) is 2.79. The Bertz CT molecular complexity index is 402. The van der Waals surface area contributed by atoms with Gasteiger partial charge in [0.2, 0.25) is 0 Å². The monoisotopic (exact) mass is 236 g/mol. The summed E-state index contributed by atoms with van der Waals surface area (Å²) in [4.78, 5) is 35.1. The number of carbonyl (C=O) groups excluding carboxylic acids is 2. The predicted octanol–water partition coefficient (Wildman–Crippen LogP) is 0.880. The number of hydrogen-bond acceptors (Lipinski definition) is 4. The highest BCUT2D eigenvalue weighted by atomic mass is 16.2. The zero-order valence-corrected chi connectivity index (χ0v) is 10.1. The molecule has 92 valence electrons. The van der Waals surface area contributed by atoms with Gasteiger partial charge >= 0.3 is 6.03 Å². The van der Waals surface area contributed by atoms with Crippen LogP contribution in [0.5, 0.6) is 0 Å². The summed E-state index contributed by atoms with van der Waals surface area (Å²) in [5.41, 5.74) is 0. The molecule has 0 radical (unpaired) electrons. The average molecular weight is 236 g/mol. The van der Waals surface area contributed by atoms with Gasteiger partial charge in [0.05, 0.1) is 0 Å². The number of amides is 3. The van der Waals surface area contributed by atoms with Crippen LogP contribution in [0.3, 0.4) is 0 Å². The maximum atomic E-state index is 12.2. The van der Waals surface area contributed by atoms with Crippen LogP contribution in [0.15, 0.2) is 9.98 Å². The zero-order valence-electron chi connectivity index (χ0n) is 10.1. The Morgan fingerprint density at radius 2 is 1.82 bits per heavy atom. The van der Waals surface area contributed by atoms with Crippen molar-refractivity contribution in [1.82, 2.24) is 9.80 Å². The quantitative estimate of drug-likeness (QED) is 0.727. The lowest BCUT2D eigenvalue weighted by Crippen LogP contribution is -2.61. The molecule has 0 aromatic rings. The Kier molecular flexibility index (Phi) is 3.21. The van der Waals surface area contributed by atoms with Crippen molar-refractivity contribution in [1.29, 1.82) is 0 Å². The van der Waals surface area contributed by atoms with Crippen LogP contribution in [0.4, 0.5) is 4.79 Å². The van der Waals surface area contributed by atoms with E-state index in [4.69, 9.17) is 0 Å². The fourth-order valence-corrected chi connectivity index (χ4v) is 2.04. The van der Waals surface area contributed by atoms with Crippen molar-refractivity contribution in [3.8, 4) is 0 Å². The molecule has 2 rings (SSSR count). The Morgan fingerprint density at radius 1 is 1.18 bits per heavy atom. The fourth-order valence-electron chi connectivity index (χ4n) is 2.04. The first-order valence-corrected chi connectivity index (χ1v) is 5.92. The molecule has 17 heavy (non-hydrogen) atoms. The SMILES string of the molecule is CCCN1C(=O)C2N=CN=C2N(CCC)C1=O. The maximum absolute atomic E-state index is 12.2. The molecule has 0 bridgehead atoms. The van der Waals surface area contributed by atoms with Gasteiger partial charge in [-0.1, -0.05) is 13.8 Å². The fraction of sp³-hybridized carbons (Fsp3) is 0.636. The molecule has 0 aliphatic carbocycles. The number of imide groups is 1. The summed E-state index contributed by atoms with van der Waals surface area (Å²) >= 11 is 0. The van der Waals surface area contributed by atoms with E-state index in [1.54, 1.807) is 4.90 Å². The Balaban J connectivity index is 2.29. The van der Waals surface area contributed by atoms with Crippen LogP contribution in [0.2, 0.25) is 0 Å². The minimum absolute atomic E-state index is 0.253. The Morgan fingerprint density at radius 3 is 2.47 bits per heavy atom. The van der Waals surface area contributed by atoms with E-state index in [2.05, 4.69) is 9.98 Å². The molecule has 1 atom stereocenters. The summed E-state index contributed by atoms with van der Waals surface area (Å²) in [5.74, 6) is 0.228. The Labute approximate surface area is 100 Å². The maximum Gasteiger partial charge on any atom is 0.332 e. The number of aliphatic imine (C=N–C) groups is 2. The van der Waals surface area contributed by atoms with E-state index in [-0.39, 0.29) is 11.9 Å². The van der Waals surface area contributed by atoms with Crippen LogP contribution in [-0.4, -0.2) is 53.0 Å². The first-order valence-electron chi connectivity index (χ1n) is 5.92. The van der Waals surface area contributed by atoms with Gasteiger partial charge in [-0.05, 0) is 12.8 Å². The third kappa shape index (κ3) is 1.83. The number of fused-ring (bicyclic) bond motifs is 1. The standard InChI is InChI=1S/C11H16N4O2/c1-3-5-14-9-8(12-7-13-9)10(16)15(6-4-2)11(14)17/h7-8H,3-6H2,1-2H3. The zero-order chi connectivity index (χ0) is 12.4. The van der Waals surface area contributed by atoms with Crippen molar-refractivity contribution in [2.45, 2.75) is 32.7 Å². The summed E-state index contributed by atoms with van der Waals surface area (Å²) in [6.45, 7) is 4.94. The largest absolute Gasteiger partial charge is 0.332 e. The highest BCUT2D eigenvalue weighted by molar-refractivity contribution is 6.23. The summed E-state index contributed by atoms with van der Waals surface area (Å²) in [6.07, 6.45) is 2.94. The molecule has 0 N–H and O–H groups in total. The molecule has 0 spiro atoms. The number of rotatable bonds is 4. The van der Waals surface area contributed by atoms with E-state index in [1.807, 2.05) is 13.8 Å². The minimum atomic E-state index is -0.606. The molecule has 2 heterocycles. The molecule has 0 aromatic carbocycles. The van der Waals surface area contributed by atoms with E-state index in [0.717, 1.165) is 12.8 Å². The lowest BCUT2D eigenvalue weighted by Gasteiger charge is -2.36. The molecular weight excluding hydrogens is 220 g/mol. The van der Waals surface area contributed by atoms with Crippen molar-refractivity contribution in [2.24, 2.45) is 9.98 Å². The molecule has 1 fully saturated rings. The molecule has 0 aromatic heterocycles. The summed E-state index contributed by atoms with van der Waals surface area (Å²) in [5, 5.41) is 0. The number of urea groups is 1. The van der Waals surface area contributed by atoms with Crippen molar-refractivity contribution < 1.29 is 9.59 Å². The van der Waals surface area contributed by atoms with Crippen LogP contribution < -0.4 is 0 Å². The second-order valence-electron chi connectivity index (χ2n) is 4.08. The highest BCUT2D eigenvalue weighted by Crippen LogP contribution is 2.19. The van der Waals surface area contributed by atoms with Gasteiger partial charge in [-0.25, -0.2) is 9.79 Å². The van der Waals surface area contributed by atoms with Crippen molar-refractivity contribution in [3.05, 3.63) is 0 Å². The summed E-state index contributed by atoms with van der Waals surface area (Å²) < 4.78 is 0. The van der Waals surface area contributed by atoms with Gasteiger partial charge in [-0.15, -0.1) is 0 Å². The van der Waals surface area contributed by atoms with E-state index >= 15 is 0 Å². The molecular formula is C11H16N4O2. The summed E-state index contributed by atoms with van der Waals surface area (Å²) in [7, 11) is 0. The van der Waals surface area contributed by atoms with Gasteiger partial charge in [0, 0.05) is 13.1 Å². The summed E-state index contributed by atoms with van der Waals surface area (Å²) in [6, 6.07) is -0.870. The van der Waals surface area contributed by atoms with Gasteiger partial charge in [0.15, 0.2) is 6.04 Å². The van der Waals surface area contributed by atoms with Crippen molar-refractivity contribution in [3.63, 3.8) is 0 Å². The number of hydrogen-bond donors (Lipinski definition) is 0. The van der Waals surface area contributed by atoms with Crippen molar-refractivity contribution >= 4 is 24.1 Å². The smallest absolute Gasteiger partial charge is 0.279 e. The number of nitrogens with zero attached hydrogens (tertiary/aromatic N) is 4. The molecule has 6 heteroatoms.